The van der Waals surface area contributed by atoms with Gasteiger partial charge in [0.15, 0.2) is 0 Å². The lowest BCUT2D eigenvalue weighted by Crippen LogP contribution is -2.12. The minimum Gasteiger partial charge on any atom is -0.465 e. The first-order chi connectivity index (χ1) is 11.6. The number of carbonyl (C=O) groups excluding carboxylic acids is 1. The number of esters is 1. The number of hydrogen-bond acceptors (Lipinski definition) is 4. The van der Waals surface area contributed by atoms with Gasteiger partial charge in [-0.1, -0.05) is 52.4 Å². The Kier molecular flexibility index (Phi) is 8.54. The highest BCUT2D eigenvalue weighted by molar-refractivity contribution is 5.69. The molecular weight excluding hydrogens is 304 g/mol. The van der Waals surface area contributed by atoms with Gasteiger partial charge in [0.05, 0.1) is 31.0 Å². The average molecular weight is 341 g/mol. The summed E-state index contributed by atoms with van der Waals surface area (Å²) < 4.78 is 16.5. The van der Waals surface area contributed by atoms with Crippen molar-refractivity contribution in [2.45, 2.75) is 109 Å². The molecule has 0 amide bonds. The Morgan fingerprint density at radius 3 is 2.29 bits per heavy atom. The van der Waals surface area contributed by atoms with Crippen molar-refractivity contribution >= 4 is 5.97 Å². The quantitative estimate of drug-likeness (QED) is 0.262. The number of unbranched alkanes of at least 4 members (excludes halogenated alkanes) is 4. The van der Waals surface area contributed by atoms with E-state index in [4.69, 9.17) is 14.2 Å². The van der Waals surface area contributed by atoms with Gasteiger partial charge in [-0.3, -0.25) is 4.79 Å². The molecule has 140 valence electrons. The van der Waals surface area contributed by atoms with Crippen molar-refractivity contribution in [1.29, 1.82) is 0 Å². The van der Waals surface area contributed by atoms with Crippen molar-refractivity contribution in [1.82, 2.24) is 0 Å². The number of carbonyl (C=O) groups is 1. The first-order valence-electron chi connectivity index (χ1n) is 10.1. The van der Waals surface area contributed by atoms with E-state index in [0.29, 0.717) is 43.4 Å². The first kappa shape index (κ1) is 19.7. The summed E-state index contributed by atoms with van der Waals surface area (Å²) in [4.78, 5) is 11.7. The molecule has 0 saturated carbocycles. The molecule has 4 unspecified atom stereocenters. The van der Waals surface area contributed by atoms with Crippen LogP contribution in [-0.4, -0.2) is 37.0 Å². The highest BCUT2D eigenvalue weighted by Crippen LogP contribution is 2.37. The molecule has 24 heavy (non-hydrogen) atoms. The van der Waals surface area contributed by atoms with Gasteiger partial charge >= 0.3 is 5.97 Å². The summed E-state index contributed by atoms with van der Waals surface area (Å²) in [6, 6.07) is 0. The molecule has 0 aromatic carbocycles. The summed E-state index contributed by atoms with van der Waals surface area (Å²) >= 11 is 0. The molecular formula is C20H36O4. The van der Waals surface area contributed by atoms with Crippen molar-refractivity contribution < 1.29 is 19.0 Å². The van der Waals surface area contributed by atoms with Gasteiger partial charge in [-0.15, -0.1) is 0 Å². The zero-order valence-corrected chi connectivity index (χ0v) is 15.8. The minimum absolute atomic E-state index is 0.0207. The second kappa shape index (κ2) is 10.4. The van der Waals surface area contributed by atoms with Crippen LogP contribution in [0.3, 0.4) is 0 Å². The van der Waals surface area contributed by atoms with Crippen LogP contribution in [0.2, 0.25) is 0 Å². The minimum atomic E-state index is -0.0207. The van der Waals surface area contributed by atoms with Crippen LogP contribution in [0.1, 0.15) is 85.0 Å². The number of ether oxygens (including phenoxy) is 3. The largest absolute Gasteiger partial charge is 0.465 e. The third kappa shape index (κ3) is 7.52. The van der Waals surface area contributed by atoms with Gasteiger partial charge in [0, 0.05) is 12.8 Å². The van der Waals surface area contributed by atoms with Crippen LogP contribution in [0.25, 0.3) is 0 Å². The zero-order valence-electron chi connectivity index (χ0n) is 15.8. The molecule has 0 bridgehead atoms. The monoisotopic (exact) mass is 340 g/mol. The Balaban J connectivity index is 1.34. The molecule has 4 atom stereocenters. The van der Waals surface area contributed by atoms with Crippen molar-refractivity contribution in [2.75, 3.05) is 6.61 Å². The summed E-state index contributed by atoms with van der Waals surface area (Å²) in [7, 11) is 0. The lowest BCUT2D eigenvalue weighted by atomic mass is 10.0. The Hall–Kier alpha value is -0.610. The van der Waals surface area contributed by atoms with Gasteiger partial charge in [0.1, 0.15) is 0 Å². The lowest BCUT2D eigenvalue weighted by Gasteiger charge is -2.12. The Morgan fingerprint density at radius 1 is 0.958 bits per heavy atom. The topological polar surface area (TPSA) is 51.4 Å². The number of hydrogen-bond donors (Lipinski definition) is 0. The average Bonchev–Trinajstić information content (AvgIpc) is 3.48. The summed E-state index contributed by atoms with van der Waals surface area (Å²) in [6.07, 6.45) is 12.7. The van der Waals surface area contributed by atoms with Crippen molar-refractivity contribution in [3.05, 3.63) is 0 Å². The third-order valence-corrected chi connectivity index (χ3v) is 5.49. The van der Waals surface area contributed by atoms with Gasteiger partial charge in [-0.05, 0) is 25.7 Å². The van der Waals surface area contributed by atoms with Crippen LogP contribution in [0.15, 0.2) is 0 Å². The number of epoxide rings is 2. The molecule has 2 aliphatic heterocycles. The third-order valence-electron chi connectivity index (χ3n) is 5.49. The summed E-state index contributed by atoms with van der Waals surface area (Å²) in [6.45, 7) is 7.02. The van der Waals surface area contributed by atoms with E-state index in [-0.39, 0.29) is 5.97 Å². The fourth-order valence-electron chi connectivity index (χ4n) is 3.30. The Morgan fingerprint density at radius 2 is 1.62 bits per heavy atom. The maximum absolute atomic E-state index is 11.7. The molecule has 0 spiro atoms. The predicted octanol–water partition coefficient (Wildman–Crippen LogP) is 4.64. The highest BCUT2D eigenvalue weighted by atomic mass is 16.6. The van der Waals surface area contributed by atoms with Crippen molar-refractivity contribution in [2.24, 2.45) is 5.92 Å². The Bertz CT molecular complexity index is 367. The molecule has 0 aliphatic carbocycles. The fourth-order valence-corrected chi connectivity index (χ4v) is 3.30. The highest BCUT2D eigenvalue weighted by Gasteiger charge is 2.45. The molecule has 2 rings (SSSR count). The molecule has 4 heteroatoms. The molecule has 2 heterocycles. The maximum atomic E-state index is 11.7. The van der Waals surface area contributed by atoms with Gasteiger partial charge in [-0.25, -0.2) is 0 Å². The van der Waals surface area contributed by atoms with Crippen molar-refractivity contribution in [3.8, 4) is 0 Å². The smallest absolute Gasteiger partial charge is 0.305 e. The molecule has 2 aliphatic rings. The van der Waals surface area contributed by atoms with Crippen molar-refractivity contribution in [3.63, 3.8) is 0 Å². The van der Waals surface area contributed by atoms with E-state index in [9.17, 15) is 4.79 Å². The molecule has 0 aromatic rings. The predicted molar refractivity (Wildman–Crippen MR) is 95.0 cm³/mol. The van der Waals surface area contributed by atoms with E-state index in [0.717, 1.165) is 32.1 Å². The molecule has 2 fully saturated rings. The lowest BCUT2D eigenvalue weighted by molar-refractivity contribution is -0.145. The molecule has 0 aromatic heterocycles. The summed E-state index contributed by atoms with van der Waals surface area (Å²) in [5.74, 6) is 0.504. The first-order valence-corrected chi connectivity index (χ1v) is 10.1. The summed E-state index contributed by atoms with van der Waals surface area (Å²) in [5.41, 5.74) is 0. The van der Waals surface area contributed by atoms with E-state index in [2.05, 4.69) is 20.8 Å². The van der Waals surface area contributed by atoms with E-state index in [1.54, 1.807) is 0 Å². The molecule has 0 N–H and O–H groups in total. The molecule has 4 nitrogen and oxygen atoms in total. The van der Waals surface area contributed by atoms with Crippen LogP contribution in [0.5, 0.6) is 0 Å². The SMILES string of the molecule is CCC(CC)COC(=O)CCCCCCCC1OC1CC1OC1C. The van der Waals surface area contributed by atoms with Crippen LogP contribution in [0.4, 0.5) is 0 Å². The van der Waals surface area contributed by atoms with Crippen LogP contribution in [0, 0.1) is 5.92 Å². The summed E-state index contributed by atoms with van der Waals surface area (Å²) in [5, 5.41) is 0. The second-order valence-corrected chi connectivity index (χ2v) is 7.50. The normalized spacial score (nSPS) is 28.2. The maximum Gasteiger partial charge on any atom is 0.305 e. The Labute approximate surface area is 147 Å². The van der Waals surface area contributed by atoms with Gasteiger partial charge in [0.2, 0.25) is 0 Å². The van der Waals surface area contributed by atoms with Crippen LogP contribution in [-0.2, 0) is 19.0 Å². The standard InChI is InChI=1S/C20H36O4/c1-4-16(5-2)14-22-20(21)12-10-8-6-7-9-11-17-19(24-17)13-18-15(3)23-18/h15-19H,4-14H2,1-3H3. The van der Waals surface area contributed by atoms with Gasteiger partial charge in [-0.2, -0.15) is 0 Å². The van der Waals surface area contributed by atoms with Crippen LogP contribution < -0.4 is 0 Å². The van der Waals surface area contributed by atoms with E-state index in [1.807, 2.05) is 0 Å². The number of rotatable bonds is 14. The zero-order chi connectivity index (χ0) is 17.4. The molecule has 2 saturated heterocycles. The molecule has 0 radical (unpaired) electrons. The fraction of sp³-hybridized carbons (Fsp3) is 0.950. The van der Waals surface area contributed by atoms with Gasteiger partial charge < -0.3 is 14.2 Å². The van der Waals surface area contributed by atoms with E-state index >= 15 is 0 Å². The van der Waals surface area contributed by atoms with E-state index in [1.165, 1.54) is 25.7 Å². The van der Waals surface area contributed by atoms with Crippen LogP contribution >= 0.6 is 0 Å². The second-order valence-electron chi connectivity index (χ2n) is 7.50. The van der Waals surface area contributed by atoms with E-state index < -0.39 is 0 Å². The van der Waals surface area contributed by atoms with Gasteiger partial charge in [0.25, 0.3) is 0 Å².